The molecule has 0 aliphatic heterocycles. The van der Waals surface area contributed by atoms with Gasteiger partial charge in [0.15, 0.2) is 0 Å². The number of ether oxygens (including phenoxy) is 1. The van der Waals surface area contributed by atoms with Crippen molar-refractivity contribution >= 4 is 16.7 Å². The molecule has 4 nitrogen and oxygen atoms in total. The minimum Gasteiger partial charge on any atom is -0.494 e. The van der Waals surface area contributed by atoms with Gasteiger partial charge >= 0.3 is 0 Å². The molecule has 0 radical (unpaired) electrons. The Kier molecular flexibility index (Phi) is 4.00. The molecule has 3 aromatic rings. The van der Waals surface area contributed by atoms with Crippen LogP contribution in [0.5, 0.6) is 5.75 Å². The second-order valence-electron chi connectivity index (χ2n) is 5.50. The maximum atomic E-state index is 5.73. The van der Waals surface area contributed by atoms with Crippen LogP contribution in [0, 0.1) is 0 Å². The zero-order valence-electron chi connectivity index (χ0n) is 13.0. The van der Waals surface area contributed by atoms with E-state index in [4.69, 9.17) is 15.5 Å². The van der Waals surface area contributed by atoms with Gasteiger partial charge < -0.3 is 15.0 Å². The number of nitrogen functional groups attached to an aromatic ring is 1. The third-order valence-electron chi connectivity index (χ3n) is 3.76. The van der Waals surface area contributed by atoms with Crippen LogP contribution >= 0.6 is 0 Å². The summed E-state index contributed by atoms with van der Waals surface area (Å²) in [6.45, 7) is 2.83. The molecule has 2 aromatic carbocycles. The fourth-order valence-electron chi connectivity index (χ4n) is 2.52. The fourth-order valence-corrected chi connectivity index (χ4v) is 2.52. The molecule has 0 aliphatic carbocycles. The van der Waals surface area contributed by atoms with E-state index in [0.29, 0.717) is 0 Å². The number of fused-ring (bicyclic) bond motifs is 1. The molecule has 1 heterocycles. The van der Waals surface area contributed by atoms with E-state index in [1.54, 1.807) is 0 Å². The lowest BCUT2D eigenvalue weighted by Crippen LogP contribution is -1.99. The highest BCUT2D eigenvalue weighted by Gasteiger charge is 2.09. The van der Waals surface area contributed by atoms with Gasteiger partial charge in [-0.2, -0.15) is 0 Å². The second kappa shape index (κ2) is 6.10. The Morgan fingerprint density at radius 1 is 1.14 bits per heavy atom. The Morgan fingerprint density at radius 2 is 1.91 bits per heavy atom. The van der Waals surface area contributed by atoms with Gasteiger partial charge in [-0.25, -0.2) is 4.98 Å². The average Bonchev–Trinajstić information content (AvgIpc) is 2.83. The summed E-state index contributed by atoms with van der Waals surface area (Å²) in [5, 5.41) is 0. The van der Waals surface area contributed by atoms with Gasteiger partial charge in [-0.15, -0.1) is 0 Å². The maximum absolute atomic E-state index is 5.73. The van der Waals surface area contributed by atoms with Crippen LogP contribution in [0.1, 0.15) is 24.7 Å². The van der Waals surface area contributed by atoms with Crippen LogP contribution in [0.25, 0.3) is 11.0 Å². The highest BCUT2D eigenvalue weighted by molar-refractivity contribution is 5.77. The Hall–Kier alpha value is -2.49. The highest BCUT2D eigenvalue weighted by Crippen LogP contribution is 2.22. The molecular weight excluding hydrogens is 274 g/mol. The molecule has 0 spiro atoms. The quantitative estimate of drug-likeness (QED) is 0.733. The van der Waals surface area contributed by atoms with Crippen LogP contribution in [0.2, 0.25) is 0 Å². The first-order chi connectivity index (χ1) is 10.7. The van der Waals surface area contributed by atoms with Crippen LogP contribution in [0.3, 0.4) is 0 Å². The predicted octanol–water partition coefficient (Wildman–Crippen LogP) is 3.54. The van der Waals surface area contributed by atoms with Gasteiger partial charge in [-0.1, -0.05) is 19.1 Å². The van der Waals surface area contributed by atoms with E-state index in [1.165, 1.54) is 5.56 Å². The molecule has 0 fully saturated rings. The Balaban J connectivity index is 1.89. The highest BCUT2D eigenvalue weighted by atomic mass is 16.5. The van der Waals surface area contributed by atoms with E-state index in [2.05, 4.69) is 24.6 Å². The van der Waals surface area contributed by atoms with E-state index in [-0.39, 0.29) is 0 Å². The fraction of sp³-hybridized carbons (Fsp3) is 0.278. The van der Waals surface area contributed by atoms with E-state index in [0.717, 1.165) is 47.7 Å². The number of nitrogens with two attached hydrogens (primary N) is 1. The molecule has 0 saturated heterocycles. The molecule has 22 heavy (non-hydrogen) atoms. The molecule has 0 saturated carbocycles. The zero-order valence-corrected chi connectivity index (χ0v) is 13.0. The number of hydrogen-bond acceptors (Lipinski definition) is 3. The van der Waals surface area contributed by atoms with Gasteiger partial charge in [0.05, 0.1) is 17.6 Å². The van der Waals surface area contributed by atoms with Gasteiger partial charge in [0, 0.05) is 25.2 Å². The van der Waals surface area contributed by atoms with Crippen molar-refractivity contribution in [2.24, 2.45) is 7.05 Å². The van der Waals surface area contributed by atoms with Crippen LogP contribution in [-0.2, 0) is 13.5 Å². The van der Waals surface area contributed by atoms with Crippen molar-refractivity contribution in [2.45, 2.75) is 19.8 Å². The van der Waals surface area contributed by atoms with E-state index < -0.39 is 0 Å². The lowest BCUT2D eigenvalue weighted by molar-refractivity contribution is 0.318. The Bertz CT molecular complexity index is 775. The summed E-state index contributed by atoms with van der Waals surface area (Å²) in [6, 6.07) is 14.0. The summed E-state index contributed by atoms with van der Waals surface area (Å²) >= 11 is 0. The summed E-state index contributed by atoms with van der Waals surface area (Å²) in [7, 11) is 2.05. The predicted molar refractivity (Wildman–Crippen MR) is 90.2 cm³/mol. The standard InChI is InChI=1S/C18H21N3O/c1-3-10-22-15-8-9-17-16(12-15)20-18(21(17)2)11-13-4-6-14(19)7-5-13/h4-9,12H,3,10-11,19H2,1-2H3. The van der Waals surface area contributed by atoms with Crippen molar-refractivity contribution in [2.75, 3.05) is 12.3 Å². The molecule has 114 valence electrons. The summed E-state index contributed by atoms with van der Waals surface area (Å²) in [5.41, 5.74) is 9.81. The third kappa shape index (κ3) is 2.91. The van der Waals surface area contributed by atoms with Crippen LogP contribution in [0.15, 0.2) is 42.5 Å². The summed E-state index contributed by atoms with van der Waals surface area (Å²) < 4.78 is 7.81. The van der Waals surface area contributed by atoms with Crippen molar-refractivity contribution < 1.29 is 4.74 Å². The molecule has 1 aromatic heterocycles. The van der Waals surface area contributed by atoms with Crippen LogP contribution < -0.4 is 10.5 Å². The van der Waals surface area contributed by atoms with Crippen molar-refractivity contribution in [3.05, 3.63) is 53.9 Å². The second-order valence-corrected chi connectivity index (χ2v) is 5.50. The number of aryl methyl sites for hydroxylation is 1. The number of hydrogen-bond donors (Lipinski definition) is 1. The number of rotatable bonds is 5. The lowest BCUT2D eigenvalue weighted by Gasteiger charge is -2.04. The number of aromatic nitrogens is 2. The van der Waals surface area contributed by atoms with Crippen molar-refractivity contribution in [1.29, 1.82) is 0 Å². The molecule has 4 heteroatoms. The SMILES string of the molecule is CCCOc1ccc2c(c1)nc(Cc1ccc(N)cc1)n2C. The zero-order chi connectivity index (χ0) is 15.5. The topological polar surface area (TPSA) is 53.1 Å². The summed E-state index contributed by atoms with van der Waals surface area (Å²) in [5.74, 6) is 1.92. The maximum Gasteiger partial charge on any atom is 0.121 e. The van der Waals surface area contributed by atoms with Gasteiger partial charge in [-0.05, 0) is 36.2 Å². The van der Waals surface area contributed by atoms with E-state index in [9.17, 15) is 0 Å². The van der Waals surface area contributed by atoms with Crippen molar-refractivity contribution in [3.63, 3.8) is 0 Å². The van der Waals surface area contributed by atoms with Gasteiger partial charge in [0.1, 0.15) is 11.6 Å². The first kappa shape index (κ1) is 14.4. The first-order valence-electron chi connectivity index (χ1n) is 7.60. The number of imidazole rings is 1. The van der Waals surface area contributed by atoms with E-state index >= 15 is 0 Å². The number of anilines is 1. The minimum absolute atomic E-state index is 0.733. The van der Waals surface area contributed by atoms with Crippen molar-refractivity contribution in [3.8, 4) is 5.75 Å². The molecule has 0 bridgehead atoms. The molecule has 0 aliphatic rings. The Morgan fingerprint density at radius 3 is 2.64 bits per heavy atom. The summed E-state index contributed by atoms with van der Waals surface area (Å²) in [4.78, 5) is 4.75. The molecule has 0 atom stereocenters. The molecule has 2 N–H and O–H groups in total. The van der Waals surface area contributed by atoms with Crippen LogP contribution in [-0.4, -0.2) is 16.2 Å². The molecule has 3 rings (SSSR count). The monoisotopic (exact) mass is 295 g/mol. The molecule has 0 unspecified atom stereocenters. The largest absolute Gasteiger partial charge is 0.494 e. The summed E-state index contributed by atoms with van der Waals surface area (Å²) in [6.07, 6.45) is 1.79. The first-order valence-corrected chi connectivity index (χ1v) is 7.60. The van der Waals surface area contributed by atoms with Gasteiger partial charge in [-0.3, -0.25) is 0 Å². The lowest BCUT2D eigenvalue weighted by atomic mass is 10.1. The number of benzene rings is 2. The van der Waals surface area contributed by atoms with Gasteiger partial charge in [0.2, 0.25) is 0 Å². The number of nitrogens with zero attached hydrogens (tertiary/aromatic N) is 2. The normalized spacial score (nSPS) is 11.0. The average molecular weight is 295 g/mol. The minimum atomic E-state index is 0.733. The van der Waals surface area contributed by atoms with Crippen molar-refractivity contribution in [1.82, 2.24) is 9.55 Å². The molecular formula is C18H21N3O. The molecule has 0 amide bonds. The van der Waals surface area contributed by atoms with E-state index in [1.807, 2.05) is 36.4 Å². The third-order valence-corrected chi connectivity index (χ3v) is 3.76. The smallest absolute Gasteiger partial charge is 0.121 e. The van der Waals surface area contributed by atoms with Crippen LogP contribution in [0.4, 0.5) is 5.69 Å². The van der Waals surface area contributed by atoms with Gasteiger partial charge in [0.25, 0.3) is 0 Å². The Labute approximate surface area is 130 Å².